The molecule has 0 amide bonds. The maximum Gasteiger partial charge on any atom is 1.00 e. The van der Waals surface area contributed by atoms with E-state index in [1.54, 1.807) is 6.07 Å². The van der Waals surface area contributed by atoms with Gasteiger partial charge in [0, 0.05) is 12.2 Å². The Balaban J connectivity index is -0.000000853. The number of anilines is 1. The third-order valence-electron chi connectivity index (χ3n) is 1.96. The van der Waals surface area contributed by atoms with Crippen LogP contribution in [0.3, 0.4) is 0 Å². The van der Waals surface area contributed by atoms with Gasteiger partial charge in [-0.1, -0.05) is 12.1 Å². The predicted molar refractivity (Wildman–Crippen MR) is 67.5 cm³/mol. The Bertz CT molecular complexity index is 453. The van der Waals surface area contributed by atoms with Gasteiger partial charge in [-0.15, -0.1) is 0 Å². The zero-order valence-electron chi connectivity index (χ0n) is 10.9. The van der Waals surface area contributed by atoms with Crippen LogP contribution in [0.25, 0.3) is 0 Å². The Morgan fingerprint density at radius 1 is 1.37 bits per heavy atom. The van der Waals surface area contributed by atoms with Crippen molar-refractivity contribution >= 4 is 15.8 Å². The number of rotatable bonds is 5. The van der Waals surface area contributed by atoms with Crippen molar-refractivity contribution in [3.63, 3.8) is 0 Å². The summed E-state index contributed by atoms with van der Waals surface area (Å²) in [6, 6.07) is 7.42. The molecule has 1 aromatic carbocycles. The summed E-state index contributed by atoms with van der Waals surface area (Å²) in [5.41, 5.74) is 1.83. The fourth-order valence-corrected chi connectivity index (χ4v) is 1.87. The molecule has 1 unspecified atom stereocenters. The van der Waals surface area contributed by atoms with E-state index in [2.05, 4.69) is 5.32 Å². The summed E-state index contributed by atoms with van der Waals surface area (Å²) >= 11 is 0. The Hall–Kier alpha value is -0.190. The maximum absolute atomic E-state index is 10.4. The Morgan fingerprint density at radius 3 is 2.42 bits per heavy atom. The van der Waals surface area contributed by atoms with Gasteiger partial charge >= 0.3 is 29.6 Å². The van der Waals surface area contributed by atoms with E-state index in [1.165, 1.54) is 0 Å². The molecule has 0 spiro atoms. The number of aliphatic hydroxyl groups is 1. The van der Waals surface area contributed by atoms with Crippen molar-refractivity contribution in [1.29, 1.82) is 0 Å². The van der Waals surface area contributed by atoms with Gasteiger partial charge in [-0.05, 0) is 24.6 Å². The van der Waals surface area contributed by atoms with E-state index >= 15 is 0 Å². The van der Waals surface area contributed by atoms with Crippen LogP contribution in [-0.4, -0.2) is 47.4 Å². The third kappa shape index (κ3) is 11.3. The minimum Gasteiger partial charge on any atom is -0.748 e. The molecule has 1 rings (SSSR count). The second-order valence-electron chi connectivity index (χ2n) is 3.63. The van der Waals surface area contributed by atoms with Crippen molar-refractivity contribution in [2.24, 2.45) is 0 Å². The standard InChI is InChI=1S/C10H15NO4S.Na.2H2O/c1-8-3-2-4-9(5-8)11-6-10(12)7-16(13,14)15;;;/h2-5,10-12H,6-7H2,1H3,(H,13,14,15);;2*1H2/q;+1;;/p-1. The molecule has 0 saturated heterocycles. The normalized spacial score (nSPS) is 11.3. The van der Waals surface area contributed by atoms with Gasteiger partial charge < -0.3 is 25.9 Å². The van der Waals surface area contributed by atoms with Crippen LogP contribution >= 0.6 is 0 Å². The van der Waals surface area contributed by atoms with Crippen LogP contribution in [0.1, 0.15) is 5.56 Å². The molecule has 0 bridgehead atoms. The summed E-state index contributed by atoms with van der Waals surface area (Å²) in [6.45, 7) is 1.95. The quantitative estimate of drug-likeness (QED) is 0.416. The van der Waals surface area contributed by atoms with Crippen molar-refractivity contribution in [1.82, 2.24) is 0 Å². The van der Waals surface area contributed by atoms with Crippen LogP contribution in [-0.2, 0) is 10.1 Å². The topological polar surface area (TPSA) is 152 Å². The van der Waals surface area contributed by atoms with Crippen LogP contribution in [0.2, 0.25) is 0 Å². The SMILES string of the molecule is Cc1cccc(NCC(O)CS(=O)(=O)[O-])c1.O.O.[Na+]. The van der Waals surface area contributed by atoms with Crippen molar-refractivity contribution < 1.29 is 58.6 Å². The molecule has 19 heavy (non-hydrogen) atoms. The average molecular weight is 303 g/mol. The number of aryl methyl sites for hydroxylation is 1. The third-order valence-corrected chi connectivity index (χ3v) is 2.75. The summed E-state index contributed by atoms with van der Waals surface area (Å²) in [5.74, 6) is -0.772. The van der Waals surface area contributed by atoms with Gasteiger partial charge in [-0.3, -0.25) is 0 Å². The van der Waals surface area contributed by atoms with E-state index < -0.39 is 22.0 Å². The van der Waals surface area contributed by atoms with Gasteiger partial charge in [0.2, 0.25) is 0 Å². The van der Waals surface area contributed by atoms with Crippen molar-refractivity contribution in [2.45, 2.75) is 13.0 Å². The van der Waals surface area contributed by atoms with Crippen LogP contribution in [0.4, 0.5) is 5.69 Å². The van der Waals surface area contributed by atoms with Gasteiger partial charge in [0.15, 0.2) is 0 Å². The summed E-state index contributed by atoms with van der Waals surface area (Å²) in [7, 11) is -4.38. The van der Waals surface area contributed by atoms with E-state index in [-0.39, 0.29) is 47.1 Å². The van der Waals surface area contributed by atoms with Crippen molar-refractivity contribution in [3.05, 3.63) is 29.8 Å². The number of benzene rings is 1. The first-order valence-corrected chi connectivity index (χ1v) is 6.37. The molecule has 0 aliphatic heterocycles. The van der Waals surface area contributed by atoms with Crippen LogP contribution in [0.5, 0.6) is 0 Å². The minimum absolute atomic E-state index is 0. The summed E-state index contributed by atoms with van der Waals surface area (Å²) in [5, 5.41) is 12.1. The van der Waals surface area contributed by atoms with Gasteiger partial charge in [0.1, 0.15) is 0 Å². The molecule has 0 fully saturated rings. The predicted octanol–water partition coefficient (Wildman–Crippen LogP) is -4.33. The molecular weight excluding hydrogens is 285 g/mol. The van der Waals surface area contributed by atoms with Crippen molar-refractivity contribution in [2.75, 3.05) is 17.6 Å². The molecule has 0 aliphatic carbocycles. The largest absolute Gasteiger partial charge is 1.00 e. The average Bonchev–Trinajstić information content (AvgIpc) is 2.12. The van der Waals surface area contributed by atoms with E-state index in [1.807, 2.05) is 25.1 Å². The molecule has 106 valence electrons. The molecule has 0 heterocycles. The second kappa shape index (κ2) is 10.6. The Morgan fingerprint density at radius 2 is 1.95 bits per heavy atom. The monoisotopic (exact) mass is 303 g/mol. The van der Waals surface area contributed by atoms with E-state index in [4.69, 9.17) is 0 Å². The van der Waals surface area contributed by atoms with Gasteiger partial charge in [0.25, 0.3) is 0 Å². The fraction of sp³-hybridized carbons (Fsp3) is 0.400. The number of hydrogen-bond acceptors (Lipinski definition) is 5. The first-order chi connectivity index (χ1) is 7.37. The summed E-state index contributed by atoms with van der Waals surface area (Å²) < 4.78 is 31.1. The molecule has 0 aliphatic rings. The number of aliphatic hydroxyl groups excluding tert-OH is 1. The number of hydrogen-bond donors (Lipinski definition) is 2. The summed E-state index contributed by atoms with van der Waals surface area (Å²) in [6.07, 6.45) is -1.19. The second-order valence-corrected chi connectivity index (χ2v) is 5.08. The van der Waals surface area contributed by atoms with Crippen LogP contribution in [0, 0.1) is 6.92 Å². The Labute approximate surface area is 134 Å². The Kier molecular flexibility index (Phi) is 13.3. The smallest absolute Gasteiger partial charge is 0.748 e. The molecule has 0 saturated carbocycles. The molecule has 0 radical (unpaired) electrons. The van der Waals surface area contributed by atoms with E-state index in [0.717, 1.165) is 11.3 Å². The zero-order valence-corrected chi connectivity index (χ0v) is 13.7. The summed E-state index contributed by atoms with van der Waals surface area (Å²) in [4.78, 5) is 0. The first-order valence-electron chi connectivity index (χ1n) is 4.79. The van der Waals surface area contributed by atoms with E-state index in [0.29, 0.717) is 0 Å². The molecule has 0 aromatic heterocycles. The minimum atomic E-state index is -4.38. The zero-order chi connectivity index (χ0) is 12.2. The number of nitrogens with one attached hydrogen (secondary N) is 1. The van der Waals surface area contributed by atoms with Crippen LogP contribution < -0.4 is 34.9 Å². The van der Waals surface area contributed by atoms with Crippen LogP contribution in [0.15, 0.2) is 24.3 Å². The molecule has 1 aromatic rings. The van der Waals surface area contributed by atoms with Gasteiger partial charge in [-0.25, -0.2) is 8.42 Å². The van der Waals surface area contributed by atoms with Gasteiger partial charge in [0.05, 0.1) is 22.0 Å². The van der Waals surface area contributed by atoms with Gasteiger partial charge in [-0.2, -0.15) is 0 Å². The molecule has 6 N–H and O–H groups in total. The molecule has 7 nitrogen and oxygen atoms in total. The van der Waals surface area contributed by atoms with Crippen molar-refractivity contribution in [3.8, 4) is 0 Å². The first kappa shape index (κ1) is 23.9. The molecule has 9 heteroatoms. The molecule has 1 atom stereocenters. The molecular formula is C10H18NNaO6S. The van der Waals surface area contributed by atoms with E-state index in [9.17, 15) is 18.1 Å². The maximum atomic E-state index is 10.4. The fourth-order valence-electron chi connectivity index (χ4n) is 1.29.